The second-order valence-electron chi connectivity index (χ2n) is 3.19. The number of nitrogens with zero attached hydrogens (tertiary/aromatic N) is 1. The van der Waals surface area contributed by atoms with Crippen LogP contribution in [0.5, 0.6) is 0 Å². The van der Waals surface area contributed by atoms with Crippen molar-refractivity contribution in [2.24, 2.45) is 0 Å². The van der Waals surface area contributed by atoms with E-state index in [1.807, 2.05) is 48.5 Å². The number of thioether (sulfide) groups is 1. The summed E-state index contributed by atoms with van der Waals surface area (Å²) >= 11 is 6.72. The molecule has 0 aliphatic heterocycles. The molecule has 2 nitrogen and oxygen atoms in total. The number of rotatable bonds is 3. The Morgan fingerprint density at radius 2 is 2.07 bits per heavy atom. The normalized spacial score (nSPS) is 12.2. The first kappa shape index (κ1) is 12.5. The highest BCUT2D eigenvalue weighted by Crippen LogP contribution is 2.21. The number of thiocarbonyl (C=S) groups is 1. The van der Waals surface area contributed by atoms with Crippen LogP contribution in [0, 0.1) is 0 Å². The van der Waals surface area contributed by atoms with Gasteiger partial charge in [-0.3, -0.25) is 0 Å². The van der Waals surface area contributed by atoms with Crippen LogP contribution in [-0.4, -0.2) is 34.2 Å². The standard InChI is InChI=1S/C11H15NOS2/c1-12(11(14)15-2)10(8-13)9-6-4-3-5-7-9/h3-7,10,13H,8H2,1-2H3/t10-/m0/s1. The SMILES string of the molecule is CSC(=S)N(C)[C@@H](CO)c1ccccc1. The van der Waals surface area contributed by atoms with E-state index in [0.717, 1.165) is 9.88 Å². The van der Waals surface area contributed by atoms with Crippen LogP contribution < -0.4 is 0 Å². The molecule has 0 fully saturated rings. The Bertz CT molecular complexity index is 316. The van der Waals surface area contributed by atoms with E-state index in [1.54, 1.807) is 0 Å². The first-order chi connectivity index (χ1) is 7.20. The number of hydrogen-bond donors (Lipinski definition) is 1. The minimum absolute atomic E-state index is 0.0499. The van der Waals surface area contributed by atoms with Gasteiger partial charge in [0.25, 0.3) is 0 Å². The van der Waals surface area contributed by atoms with Gasteiger partial charge in [0, 0.05) is 7.05 Å². The maximum Gasteiger partial charge on any atom is 0.136 e. The molecule has 0 saturated heterocycles. The lowest BCUT2D eigenvalue weighted by atomic mass is 10.1. The molecule has 0 radical (unpaired) electrons. The van der Waals surface area contributed by atoms with Crippen LogP contribution in [-0.2, 0) is 0 Å². The van der Waals surface area contributed by atoms with Crippen molar-refractivity contribution in [3.8, 4) is 0 Å². The summed E-state index contributed by atoms with van der Waals surface area (Å²) < 4.78 is 0.790. The summed E-state index contributed by atoms with van der Waals surface area (Å²) in [6.45, 7) is 0.0706. The molecule has 0 unspecified atom stereocenters. The predicted octanol–water partition coefficient (Wildman–Crippen LogP) is 2.30. The molecule has 4 heteroatoms. The average Bonchev–Trinajstić information content (AvgIpc) is 2.30. The second kappa shape index (κ2) is 6.10. The van der Waals surface area contributed by atoms with Gasteiger partial charge in [0.15, 0.2) is 0 Å². The largest absolute Gasteiger partial charge is 0.394 e. The van der Waals surface area contributed by atoms with Crippen LogP contribution in [0.1, 0.15) is 11.6 Å². The fraction of sp³-hybridized carbons (Fsp3) is 0.364. The quantitative estimate of drug-likeness (QED) is 0.820. The smallest absolute Gasteiger partial charge is 0.136 e. The fourth-order valence-electron chi connectivity index (χ4n) is 1.40. The van der Waals surface area contributed by atoms with Gasteiger partial charge >= 0.3 is 0 Å². The van der Waals surface area contributed by atoms with Crippen molar-refractivity contribution >= 4 is 28.3 Å². The third kappa shape index (κ3) is 3.19. The monoisotopic (exact) mass is 241 g/mol. The van der Waals surface area contributed by atoms with Gasteiger partial charge in [-0.1, -0.05) is 42.5 Å². The molecule has 0 heterocycles. The minimum Gasteiger partial charge on any atom is -0.394 e. The first-order valence-corrected chi connectivity index (χ1v) is 6.30. The molecule has 0 amide bonds. The molecule has 1 N–H and O–H groups in total. The topological polar surface area (TPSA) is 23.5 Å². The van der Waals surface area contributed by atoms with E-state index in [9.17, 15) is 5.11 Å². The molecule has 0 aromatic heterocycles. The van der Waals surface area contributed by atoms with Crippen LogP contribution in [0.4, 0.5) is 0 Å². The summed E-state index contributed by atoms with van der Waals surface area (Å²) in [7, 11) is 1.91. The third-order valence-corrected chi connectivity index (χ3v) is 3.71. The van der Waals surface area contributed by atoms with E-state index in [1.165, 1.54) is 11.8 Å². The Morgan fingerprint density at radius 1 is 1.47 bits per heavy atom. The van der Waals surface area contributed by atoms with E-state index in [0.29, 0.717) is 0 Å². The van der Waals surface area contributed by atoms with Crippen molar-refractivity contribution in [3.05, 3.63) is 35.9 Å². The first-order valence-electron chi connectivity index (χ1n) is 4.67. The number of likely N-dealkylation sites (N-methyl/N-ethyl adjacent to an activating group) is 1. The van der Waals surface area contributed by atoms with Crippen LogP contribution in [0.15, 0.2) is 30.3 Å². The number of aliphatic hydroxyl groups is 1. The van der Waals surface area contributed by atoms with E-state index < -0.39 is 0 Å². The van der Waals surface area contributed by atoms with Crippen LogP contribution >= 0.6 is 24.0 Å². The summed E-state index contributed by atoms with van der Waals surface area (Å²) in [5.41, 5.74) is 1.08. The van der Waals surface area contributed by atoms with Crippen LogP contribution in [0.2, 0.25) is 0 Å². The number of benzene rings is 1. The number of aliphatic hydroxyl groups excluding tert-OH is 1. The van der Waals surface area contributed by atoms with E-state index in [-0.39, 0.29) is 12.6 Å². The lowest BCUT2D eigenvalue weighted by Gasteiger charge is -2.28. The van der Waals surface area contributed by atoms with Gasteiger partial charge in [0.05, 0.1) is 12.6 Å². The van der Waals surface area contributed by atoms with Crippen LogP contribution in [0.25, 0.3) is 0 Å². The van der Waals surface area contributed by atoms with Crippen molar-refractivity contribution in [3.63, 3.8) is 0 Å². The number of hydrogen-bond acceptors (Lipinski definition) is 3. The Labute approximate surface area is 100 Å². The Morgan fingerprint density at radius 3 is 2.53 bits per heavy atom. The highest BCUT2D eigenvalue weighted by Gasteiger charge is 2.17. The molecule has 1 atom stereocenters. The highest BCUT2D eigenvalue weighted by atomic mass is 32.2. The van der Waals surface area contributed by atoms with Crippen molar-refractivity contribution in [2.45, 2.75) is 6.04 Å². The highest BCUT2D eigenvalue weighted by molar-refractivity contribution is 8.22. The van der Waals surface area contributed by atoms with Gasteiger partial charge in [-0.05, 0) is 11.8 Å². The summed E-state index contributed by atoms with van der Waals surface area (Å²) in [6.07, 6.45) is 1.94. The maximum atomic E-state index is 9.38. The van der Waals surface area contributed by atoms with Gasteiger partial charge in [-0.25, -0.2) is 0 Å². The molecule has 1 rings (SSSR count). The molecular weight excluding hydrogens is 226 g/mol. The van der Waals surface area contributed by atoms with Gasteiger partial charge < -0.3 is 10.0 Å². The van der Waals surface area contributed by atoms with Crippen molar-refractivity contribution < 1.29 is 5.11 Å². The Kier molecular flexibility index (Phi) is 5.08. The Balaban J connectivity index is 2.85. The molecule has 15 heavy (non-hydrogen) atoms. The Hall–Kier alpha value is -0.580. The fourth-order valence-corrected chi connectivity index (χ4v) is 1.94. The van der Waals surface area contributed by atoms with Gasteiger partial charge in [0.2, 0.25) is 0 Å². The third-order valence-electron chi connectivity index (χ3n) is 2.29. The summed E-state index contributed by atoms with van der Waals surface area (Å²) in [4.78, 5) is 1.93. The van der Waals surface area contributed by atoms with Gasteiger partial charge in [-0.2, -0.15) is 0 Å². The van der Waals surface area contributed by atoms with Gasteiger partial charge in [0.1, 0.15) is 4.32 Å². The average molecular weight is 241 g/mol. The summed E-state index contributed by atoms with van der Waals surface area (Å²) in [5.74, 6) is 0. The summed E-state index contributed by atoms with van der Waals surface area (Å²) in [5, 5.41) is 9.38. The molecule has 82 valence electrons. The maximum absolute atomic E-state index is 9.38. The molecule has 1 aromatic rings. The zero-order chi connectivity index (χ0) is 11.3. The van der Waals surface area contributed by atoms with Gasteiger partial charge in [-0.15, -0.1) is 11.8 Å². The van der Waals surface area contributed by atoms with E-state index >= 15 is 0 Å². The summed E-state index contributed by atoms with van der Waals surface area (Å²) in [6, 6.07) is 9.85. The molecule has 0 spiro atoms. The molecule has 0 aliphatic carbocycles. The van der Waals surface area contributed by atoms with E-state index in [2.05, 4.69) is 0 Å². The van der Waals surface area contributed by atoms with Crippen LogP contribution in [0.3, 0.4) is 0 Å². The molecule has 1 aromatic carbocycles. The van der Waals surface area contributed by atoms with Crippen molar-refractivity contribution in [1.82, 2.24) is 4.90 Å². The molecule has 0 aliphatic rings. The molecule has 0 saturated carbocycles. The lowest BCUT2D eigenvalue weighted by molar-refractivity contribution is 0.202. The minimum atomic E-state index is -0.0499. The zero-order valence-corrected chi connectivity index (χ0v) is 10.5. The van der Waals surface area contributed by atoms with E-state index in [4.69, 9.17) is 12.2 Å². The molecule has 0 bridgehead atoms. The second-order valence-corrected chi connectivity index (χ2v) is 4.63. The zero-order valence-electron chi connectivity index (χ0n) is 8.88. The lowest BCUT2D eigenvalue weighted by Crippen LogP contribution is -2.30. The van der Waals surface area contributed by atoms with Crippen molar-refractivity contribution in [1.29, 1.82) is 0 Å². The van der Waals surface area contributed by atoms with Crippen molar-refractivity contribution in [2.75, 3.05) is 19.9 Å². The predicted molar refractivity (Wildman–Crippen MR) is 70.1 cm³/mol. The molecular formula is C11H15NOS2.